The minimum atomic E-state index is -3.49. The molecule has 114 valence electrons. The fourth-order valence-corrected chi connectivity index (χ4v) is 5.65. The average Bonchev–Trinajstić information content (AvgIpc) is 2.28. The number of ether oxygens (including phenoxy) is 1. The van der Waals surface area contributed by atoms with Crippen LogP contribution in [-0.4, -0.2) is 71.2 Å². The Kier molecular flexibility index (Phi) is 5.75. The standard InChI is InChI=1S/C10H22N2O5S2/c1-12(7-9(11)8-17-2)19(15,16)10-3-5-18(13,14)6-4-10/h9-10H,3-8,11H2,1-2H3. The molecule has 1 aliphatic rings. The largest absolute Gasteiger partial charge is 0.383 e. The lowest BCUT2D eigenvalue weighted by atomic mass is 10.2. The smallest absolute Gasteiger partial charge is 0.216 e. The molecular formula is C10H22N2O5S2. The van der Waals surface area contributed by atoms with Crippen LogP contribution in [0.5, 0.6) is 0 Å². The molecule has 1 rings (SSSR count). The summed E-state index contributed by atoms with van der Waals surface area (Å²) in [6.07, 6.45) is 0.322. The third-order valence-electron chi connectivity index (χ3n) is 3.23. The molecule has 1 atom stereocenters. The maximum Gasteiger partial charge on any atom is 0.216 e. The van der Waals surface area contributed by atoms with Gasteiger partial charge in [0.25, 0.3) is 0 Å². The molecule has 1 unspecified atom stereocenters. The number of likely N-dealkylation sites (N-methyl/N-ethyl adjacent to an activating group) is 1. The highest BCUT2D eigenvalue weighted by molar-refractivity contribution is 7.92. The van der Waals surface area contributed by atoms with Crippen molar-refractivity contribution in [2.24, 2.45) is 5.73 Å². The molecule has 0 amide bonds. The molecule has 0 aliphatic carbocycles. The SMILES string of the molecule is COCC(N)CN(C)S(=O)(=O)C1CCS(=O)(=O)CC1. The summed E-state index contributed by atoms with van der Waals surface area (Å²) in [5, 5.41) is -0.629. The minimum absolute atomic E-state index is 0.0607. The van der Waals surface area contributed by atoms with Crippen LogP contribution >= 0.6 is 0 Å². The van der Waals surface area contributed by atoms with Crippen molar-refractivity contribution >= 4 is 19.9 Å². The Hall–Kier alpha value is -0.220. The van der Waals surface area contributed by atoms with E-state index in [-0.39, 0.29) is 37.5 Å². The summed E-state index contributed by atoms with van der Waals surface area (Å²) in [6, 6.07) is -0.392. The van der Waals surface area contributed by atoms with E-state index < -0.39 is 31.2 Å². The van der Waals surface area contributed by atoms with Gasteiger partial charge in [0.2, 0.25) is 10.0 Å². The van der Waals surface area contributed by atoms with Crippen molar-refractivity contribution in [2.75, 3.05) is 38.8 Å². The highest BCUT2D eigenvalue weighted by Gasteiger charge is 2.35. The molecular weight excluding hydrogens is 292 g/mol. The van der Waals surface area contributed by atoms with Crippen LogP contribution in [0.1, 0.15) is 12.8 Å². The van der Waals surface area contributed by atoms with Crippen LogP contribution in [0.2, 0.25) is 0 Å². The number of rotatable bonds is 6. The Labute approximate surface area is 115 Å². The number of nitrogens with two attached hydrogens (primary N) is 1. The van der Waals surface area contributed by atoms with Crippen molar-refractivity contribution < 1.29 is 21.6 Å². The first-order valence-corrected chi connectivity index (χ1v) is 9.41. The summed E-state index contributed by atoms with van der Waals surface area (Å²) < 4.78 is 53.2. The lowest BCUT2D eigenvalue weighted by Crippen LogP contribution is -2.46. The van der Waals surface area contributed by atoms with Gasteiger partial charge >= 0.3 is 0 Å². The Balaban J connectivity index is 2.65. The van der Waals surface area contributed by atoms with Crippen LogP contribution in [0.25, 0.3) is 0 Å². The van der Waals surface area contributed by atoms with Gasteiger partial charge in [0, 0.05) is 26.7 Å². The Morgan fingerprint density at radius 1 is 1.37 bits per heavy atom. The first-order valence-electron chi connectivity index (χ1n) is 6.09. The molecule has 1 heterocycles. The first kappa shape index (κ1) is 16.8. The van der Waals surface area contributed by atoms with Gasteiger partial charge in [0.05, 0.1) is 23.4 Å². The van der Waals surface area contributed by atoms with Crippen LogP contribution in [0, 0.1) is 0 Å². The quantitative estimate of drug-likeness (QED) is 0.660. The number of hydrogen-bond acceptors (Lipinski definition) is 6. The maximum atomic E-state index is 12.3. The second-order valence-electron chi connectivity index (χ2n) is 4.89. The van der Waals surface area contributed by atoms with Gasteiger partial charge in [-0.25, -0.2) is 21.1 Å². The molecule has 0 aromatic rings. The first-order chi connectivity index (χ1) is 8.69. The molecule has 2 N–H and O–H groups in total. The number of hydrogen-bond donors (Lipinski definition) is 1. The number of sulfone groups is 1. The van der Waals surface area contributed by atoms with Gasteiger partial charge in [-0.1, -0.05) is 0 Å². The van der Waals surface area contributed by atoms with Gasteiger partial charge in [-0.3, -0.25) is 0 Å². The third-order valence-corrected chi connectivity index (χ3v) is 7.28. The summed E-state index contributed by atoms with van der Waals surface area (Å²) in [5.74, 6) is -0.121. The molecule has 0 aromatic carbocycles. The predicted octanol–water partition coefficient (Wildman–Crippen LogP) is -1.20. The van der Waals surface area contributed by atoms with Gasteiger partial charge in [-0.15, -0.1) is 0 Å². The van der Waals surface area contributed by atoms with E-state index in [0.29, 0.717) is 0 Å². The third kappa shape index (κ3) is 4.67. The summed E-state index contributed by atoms with van der Waals surface area (Å²) in [7, 11) is -3.59. The van der Waals surface area contributed by atoms with Crippen molar-refractivity contribution in [3.8, 4) is 0 Å². The Morgan fingerprint density at radius 3 is 2.37 bits per heavy atom. The van der Waals surface area contributed by atoms with E-state index in [1.165, 1.54) is 18.5 Å². The van der Waals surface area contributed by atoms with E-state index in [9.17, 15) is 16.8 Å². The van der Waals surface area contributed by atoms with Crippen LogP contribution < -0.4 is 5.73 Å². The molecule has 0 saturated carbocycles. The molecule has 0 radical (unpaired) electrons. The molecule has 9 heteroatoms. The highest BCUT2D eigenvalue weighted by Crippen LogP contribution is 2.21. The Morgan fingerprint density at radius 2 is 1.89 bits per heavy atom. The fraction of sp³-hybridized carbons (Fsp3) is 1.00. The molecule has 0 spiro atoms. The summed E-state index contributed by atoms with van der Waals surface area (Å²) in [4.78, 5) is 0. The molecule has 0 bridgehead atoms. The van der Waals surface area contributed by atoms with Gasteiger partial charge < -0.3 is 10.5 Å². The zero-order chi connectivity index (χ0) is 14.7. The van der Waals surface area contributed by atoms with Crippen molar-refractivity contribution in [1.29, 1.82) is 0 Å². The second kappa shape index (κ2) is 6.49. The average molecular weight is 314 g/mol. The van der Waals surface area contributed by atoms with Gasteiger partial charge in [0.15, 0.2) is 0 Å². The monoisotopic (exact) mass is 314 g/mol. The van der Waals surface area contributed by atoms with Gasteiger partial charge in [-0.2, -0.15) is 0 Å². The lowest BCUT2D eigenvalue weighted by Gasteiger charge is -2.28. The van der Waals surface area contributed by atoms with E-state index in [1.807, 2.05) is 0 Å². The van der Waals surface area contributed by atoms with Crippen LogP contribution in [-0.2, 0) is 24.6 Å². The molecule has 19 heavy (non-hydrogen) atoms. The highest BCUT2D eigenvalue weighted by atomic mass is 32.2. The summed E-state index contributed by atoms with van der Waals surface area (Å²) in [5.41, 5.74) is 5.73. The zero-order valence-corrected chi connectivity index (χ0v) is 12.9. The summed E-state index contributed by atoms with van der Waals surface area (Å²) >= 11 is 0. The van der Waals surface area contributed by atoms with Crippen molar-refractivity contribution in [3.05, 3.63) is 0 Å². The maximum absolute atomic E-state index is 12.3. The van der Waals surface area contributed by atoms with E-state index in [4.69, 9.17) is 10.5 Å². The van der Waals surface area contributed by atoms with Crippen LogP contribution in [0.3, 0.4) is 0 Å². The number of sulfonamides is 1. The van der Waals surface area contributed by atoms with E-state index >= 15 is 0 Å². The minimum Gasteiger partial charge on any atom is -0.383 e. The predicted molar refractivity (Wildman–Crippen MR) is 73.1 cm³/mol. The van der Waals surface area contributed by atoms with Crippen LogP contribution in [0.15, 0.2) is 0 Å². The van der Waals surface area contributed by atoms with Gasteiger partial charge in [-0.05, 0) is 12.8 Å². The normalized spacial score (nSPS) is 22.5. The van der Waals surface area contributed by atoms with Crippen molar-refractivity contribution in [3.63, 3.8) is 0 Å². The fourth-order valence-electron chi connectivity index (χ4n) is 2.12. The second-order valence-corrected chi connectivity index (χ2v) is 9.52. The van der Waals surface area contributed by atoms with E-state index in [0.717, 1.165) is 0 Å². The van der Waals surface area contributed by atoms with E-state index in [1.54, 1.807) is 0 Å². The molecule has 0 aromatic heterocycles. The molecule has 7 nitrogen and oxygen atoms in total. The van der Waals surface area contributed by atoms with Crippen LogP contribution in [0.4, 0.5) is 0 Å². The van der Waals surface area contributed by atoms with Crippen molar-refractivity contribution in [1.82, 2.24) is 4.31 Å². The topological polar surface area (TPSA) is 107 Å². The van der Waals surface area contributed by atoms with E-state index in [2.05, 4.69) is 0 Å². The summed E-state index contributed by atoms with van der Waals surface area (Å²) in [6.45, 7) is 0.443. The lowest BCUT2D eigenvalue weighted by molar-refractivity contribution is 0.173. The number of nitrogens with zero attached hydrogens (tertiary/aromatic N) is 1. The number of methoxy groups -OCH3 is 1. The molecule has 1 aliphatic heterocycles. The molecule has 1 fully saturated rings. The van der Waals surface area contributed by atoms with Crippen molar-refractivity contribution in [2.45, 2.75) is 24.1 Å². The van der Waals surface area contributed by atoms with Gasteiger partial charge in [0.1, 0.15) is 9.84 Å². The Bertz CT molecular complexity index is 474. The zero-order valence-electron chi connectivity index (χ0n) is 11.3. The molecule has 1 saturated heterocycles.